The lowest BCUT2D eigenvalue weighted by Crippen LogP contribution is -2.51. The number of piperidine rings is 1. The fraction of sp³-hybridized carbons (Fsp3) is 0.692. The summed E-state index contributed by atoms with van der Waals surface area (Å²) in [6.07, 6.45) is 2.12. The van der Waals surface area contributed by atoms with Crippen LogP contribution in [0.25, 0.3) is 0 Å². The van der Waals surface area contributed by atoms with Crippen LogP contribution in [0.2, 0.25) is 0 Å². The molecule has 1 aromatic rings. The van der Waals surface area contributed by atoms with Gasteiger partial charge in [-0.1, -0.05) is 12.1 Å². The van der Waals surface area contributed by atoms with E-state index in [1.165, 1.54) is 0 Å². The Hall–Kier alpha value is -1.40. The molecule has 1 fully saturated rings. The Balaban J connectivity index is 2.12. The first-order chi connectivity index (χ1) is 9.17. The van der Waals surface area contributed by atoms with Crippen molar-refractivity contribution in [3.05, 3.63) is 17.5 Å². The Morgan fingerprint density at radius 2 is 2.47 bits per heavy atom. The Bertz CT molecular complexity index is 433. The molecule has 6 heteroatoms. The number of nitrogens with two attached hydrogens (primary N) is 1. The zero-order valence-corrected chi connectivity index (χ0v) is 11.5. The number of hydrogen-bond donors (Lipinski definition) is 1. The molecule has 1 aliphatic heterocycles. The van der Waals surface area contributed by atoms with Crippen LogP contribution < -0.4 is 5.73 Å². The van der Waals surface area contributed by atoms with E-state index in [1.807, 2.05) is 4.90 Å². The molecule has 2 rings (SSSR count). The number of ether oxygens (including phenoxy) is 1. The summed E-state index contributed by atoms with van der Waals surface area (Å²) in [6, 6.07) is 1.72. The molecule has 0 spiro atoms. The first-order valence-corrected chi connectivity index (χ1v) is 6.63. The molecule has 106 valence electrons. The van der Waals surface area contributed by atoms with Gasteiger partial charge in [-0.15, -0.1) is 0 Å². The number of nitrogens with zero attached hydrogens (tertiary/aromatic N) is 2. The summed E-state index contributed by atoms with van der Waals surface area (Å²) >= 11 is 0. The summed E-state index contributed by atoms with van der Waals surface area (Å²) in [6.45, 7) is 3.67. The minimum Gasteiger partial charge on any atom is -0.377 e. The highest BCUT2D eigenvalue weighted by Gasteiger charge is 2.32. The summed E-state index contributed by atoms with van der Waals surface area (Å²) in [4.78, 5) is 14.3. The number of amides is 1. The molecule has 2 atom stereocenters. The molecule has 2 heterocycles. The molecule has 1 aliphatic rings. The van der Waals surface area contributed by atoms with Crippen molar-refractivity contribution in [2.24, 2.45) is 11.7 Å². The first-order valence-electron chi connectivity index (χ1n) is 6.63. The monoisotopic (exact) mass is 267 g/mol. The topological polar surface area (TPSA) is 81.6 Å². The summed E-state index contributed by atoms with van der Waals surface area (Å²) in [7, 11) is 1.57. The zero-order valence-electron chi connectivity index (χ0n) is 11.5. The molecule has 1 aromatic heterocycles. The average Bonchev–Trinajstić information content (AvgIpc) is 2.86. The highest BCUT2D eigenvalue weighted by Crippen LogP contribution is 2.24. The predicted molar refractivity (Wildman–Crippen MR) is 69.5 cm³/mol. The van der Waals surface area contributed by atoms with E-state index in [9.17, 15) is 4.79 Å². The summed E-state index contributed by atoms with van der Waals surface area (Å²) in [5.41, 5.74) is 6.13. The van der Waals surface area contributed by atoms with Crippen molar-refractivity contribution in [1.82, 2.24) is 10.1 Å². The van der Waals surface area contributed by atoms with Crippen LogP contribution in [0.15, 0.2) is 10.6 Å². The molecule has 6 nitrogen and oxygen atoms in total. The van der Waals surface area contributed by atoms with E-state index in [-0.39, 0.29) is 11.9 Å². The largest absolute Gasteiger partial charge is 0.377 e. The summed E-state index contributed by atoms with van der Waals surface area (Å²) < 4.78 is 10.0. The van der Waals surface area contributed by atoms with E-state index >= 15 is 0 Å². The van der Waals surface area contributed by atoms with Crippen LogP contribution in [0.4, 0.5) is 0 Å². The molecule has 1 amide bonds. The SMILES string of the molecule is COCc1cc(C(=O)N2CCCC(C)C2CN)no1. The van der Waals surface area contributed by atoms with Crippen molar-refractivity contribution in [3.63, 3.8) is 0 Å². The van der Waals surface area contributed by atoms with Gasteiger partial charge >= 0.3 is 0 Å². The molecule has 2 unspecified atom stereocenters. The third-order valence-electron chi connectivity index (χ3n) is 3.68. The fourth-order valence-corrected chi connectivity index (χ4v) is 2.63. The van der Waals surface area contributed by atoms with Crippen molar-refractivity contribution >= 4 is 5.91 Å². The van der Waals surface area contributed by atoms with Crippen LogP contribution in [0.5, 0.6) is 0 Å². The normalized spacial score (nSPS) is 23.6. The molecule has 2 N–H and O–H groups in total. The molecule has 1 saturated heterocycles. The van der Waals surface area contributed by atoms with Gasteiger partial charge in [-0.25, -0.2) is 0 Å². The van der Waals surface area contributed by atoms with Crippen LogP contribution in [0, 0.1) is 5.92 Å². The molecule has 0 aliphatic carbocycles. The second kappa shape index (κ2) is 6.16. The maximum Gasteiger partial charge on any atom is 0.276 e. The number of aromatic nitrogens is 1. The van der Waals surface area contributed by atoms with Crippen molar-refractivity contribution < 1.29 is 14.1 Å². The molecule has 19 heavy (non-hydrogen) atoms. The van der Waals surface area contributed by atoms with E-state index in [2.05, 4.69) is 12.1 Å². The third-order valence-corrected chi connectivity index (χ3v) is 3.68. The van der Waals surface area contributed by atoms with E-state index in [0.717, 1.165) is 19.4 Å². The fourth-order valence-electron chi connectivity index (χ4n) is 2.63. The number of hydrogen-bond acceptors (Lipinski definition) is 5. The van der Waals surface area contributed by atoms with Gasteiger partial charge in [-0.05, 0) is 18.8 Å². The van der Waals surface area contributed by atoms with Gasteiger partial charge in [0.05, 0.1) is 0 Å². The molecule has 0 saturated carbocycles. The first kappa shape index (κ1) is 14.0. The second-order valence-corrected chi connectivity index (χ2v) is 5.03. The number of carbonyl (C=O) groups excluding carboxylic acids is 1. The van der Waals surface area contributed by atoms with Gasteiger partial charge in [0.25, 0.3) is 5.91 Å². The lowest BCUT2D eigenvalue weighted by atomic mass is 9.90. The van der Waals surface area contributed by atoms with E-state index in [1.54, 1.807) is 13.2 Å². The maximum absolute atomic E-state index is 12.4. The quantitative estimate of drug-likeness (QED) is 0.880. The summed E-state index contributed by atoms with van der Waals surface area (Å²) in [5, 5.41) is 3.82. The minimum atomic E-state index is -0.104. The Labute approximate surface area is 112 Å². The standard InChI is InChI=1S/C13H21N3O3/c1-9-4-3-5-16(12(9)7-14)13(17)11-6-10(8-18-2)19-15-11/h6,9,12H,3-5,7-8,14H2,1-2H3. The van der Waals surface area contributed by atoms with Crippen LogP contribution in [0.3, 0.4) is 0 Å². The van der Waals surface area contributed by atoms with Crippen molar-refractivity contribution in [2.75, 3.05) is 20.2 Å². The van der Waals surface area contributed by atoms with Gasteiger partial charge in [-0.3, -0.25) is 4.79 Å². The van der Waals surface area contributed by atoms with Crippen molar-refractivity contribution in [1.29, 1.82) is 0 Å². The summed E-state index contributed by atoms with van der Waals surface area (Å²) in [5.74, 6) is 0.876. The Morgan fingerprint density at radius 1 is 1.68 bits per heavy atom. The highest BCUT2D eigenvalue weighted by molar-refractivity contribution is 5.92. The minimum absolute atomic E-state index is 0.0869. The van der Waals surface area contributed by atoms with Gasteiger partial charge in [0.15, 0.2) is 11.5 Å². The average molecular weight is 267 g/mol. The molecule has 0 bridgehead atoms. The number of likely N-dealkylation sites (tertiary alicyclic amines) is 1. The molecular formula is C13H21N3O3. The molecular weight excluding hydrogens is 246 g/mol. The second-order valence-electron chi connectivity index (χ2n) is 5.03. The van der Waals surface area contributed by atoms with Gasteiger partial charge in [0.1, 0.15) is 6.61 Å². The van der Waals surface area contributed by atoms with Gasteiger partial charge in [0, 0.05) is 32.3 Å². The predicted octanol–water partition coefficient (Wildman–Crippen LogP) is 1.02. The lowest BCUT2D eigenvalue weighted by Gasteiger charge is -2.39. The molecule has 0 aromatic carbocycles. The van der Waals surface area contributed by atoms with Crippen molar-refractivity contribution in [2.45, 2.75) is 32.4 Å². The number of carbonyl (C=O) groups is 1. The molecule has 0 radical (unpaired) electrons. The maximum atomic E-state index is 12.4. The van der Waals surface area contributed by atoms with E-state index in [0.29, 0.717) is 30.5 Å². The van der Waals surface area contributed by atoms with Gasteiger partial charge in [-0.2, -0.15) is 0 Å². The smallest absolute Gasteiger partial charge is 0.276 e. The van der Waals surface area contributed by atoms with Crippen LogP contribution in [-0.2, 0) is 11.3 Å². The highest BCUT2D eigenvalue weighted by atomic mass is 16.5. The van der Waals surface area contributed by atoms with Crippen LogP contribution in [0.1, 0.15) is 36.0 Å². The van der Waals surface area contributed by atoms with Gasteiger partial charge < -0.3 is 19.9 Å². The van der Waals surface area contributed by atoms with E-state index < -0.39 is 0 Å². The van der Waals surface area contributed by atoms with Crippen LogP contribution >= 0.6 is 0 Å². The number of rotatable bonds is 4. The Morgan fingerprint density at radius 3 is 3.16 bits per heavy atom. The van der Waals surface area contributed by atoms with Crippen LogP contribution in [-0.4, -0.2) is 42.2 Å². The lowest BCUT2D eigenvalue weighted by molar-refractivity contribution is 0.0522. The Kier molecular flexibility index (Phi) is 4.55. The zero-order chi connectivity index (χ0) is 13.8. The van der Waals surface area contributed by atoms with Crippen molar-refractivity contribution in [3.8, 4) is 0 Å². The number of methoxy groups -OCH3 is 1. The van der Waals surface area contributed by atoms with E-state index in [4.69, 9.17) is 15.0 Å². The third kappa shape index (κ3) is 2.96. The van der Waals surface area contributed by atoms with Gasteiger partial charge in [0.2, 0.25) is 0 Å².